The molecule has 2 fully saturated rings. The lowest BCUT2D eigenvalue weighted by atomic mass is 9.60. The second-order valence-corrected chi connectivity index (χ2v) is 8.31. The zero-order valence-electron chi connectivity index (χ0n) is 15.9. The van der Waals surface area contributed by atoms with Crippen LogP contribution in [-0.4, -0.2) is 38.8 Å². The fourth-order valence-corrected chi connectivity index (χ4v) is 5.43. The lowest BCUT2D eigenvalue weighted by Gasteiger charge is -2.40. The van der Waals surface area contributed by atoms with E-state index in [4.69, 9.17) is 4.74 Å². The number of Topliss-reactive ketones (excluding diaryl/α,β-unsaturated/α-hetero) is 1. The number of nitrogens with one attached hydrogen (secondary N) is 1. The summed E-state index contributed by atoms with van der Waals surface area (Å²) in [6, 6.07) is 6.77. The van der Waals surface area contributed by atoms with E-state index in [9.17, 15) is 19.7 Å². The molecule has 29 heavy (non-hydrogen) atoms. The van der Waals surface area contributed by atoms with E-state index in [0.29, 0.717) is 18.4 Å². The number of ether oxygens (including phenoxy) is 1. The first-order valence-electron chi connectivity index (χ1n) is 9.97. The number of fused-ring (bicyclic) bond motifs is 3. The fourth-order valence-electron chi connectivity index (χ4n) is 5.43. The number of nitro groups is 1. The van der Waals surface area contributed by atoms with Crippen molar-refractivity contribution >= 4 is 22.8 Å². The van der Waals surface area contributed by atoms with Crippen LogP contribution in [0.25, 0.3) is 11.0 Å². The molecule has 8 heteroatoms. The fraction of sp³-hybridized carbons (Fsp3) is 0.476. The molecule has 8 nitrogen and oxygen atoms in total. The third kappa shape index (κ3) is 2.77. The van der Waals surface area contributed by atoms with Crippen molar-refractivity contribution in [2.24, 2.45) is 23.7 Å². The van der Waals surface area contributed by atoms with Gasteiger partial charge in [-0.25, -0.2) is 4.98 Å². The van der Waals surface area contributed by atoms with E-state index >= 15 is 0 Å². The first-order valence-corrected chi connectivity index (χ1v) is 9.97. The van der Waals surface area contributed by atoms with Crippen LogP contribution in [0.2, 0.25) is 0 Å². The second kappa shape index (κ2) is 6.50. The molecule has 2 aromatic rings. The number of benzene rings is 1. The SMILES string of the molecule is C[C@H]1OC(=O)[C@@H]2C=C3C[C@H]([N+](=O)[O-])CC[C@H]3[C@H](C(=O)c3nc4ccccc4[nH]3)[C@H]12. The largest absolute Gasteiger partial charge is 0.462 e. The molecule has 0 spiro atoms. The van der Waals surface area contributed by atoms with E-state index in [0.717, 1.165) is 11.1 Å². The molecule has 2 aliphatic carbocycles. The Morgan fingerprint density at radius 1 is 1.31 bits per heavy atom. The number of rotatable bonds is 3. The molecule has 1 N–H and O–H groups in total. The quantitative estimate of drug-likeness (QED) is 0.281. The summed E-state index contributed by atoms with van der Waals surface area (Å²) >= 11 is 0. The Labute approximate surface area is 166 Å². The van der Waals surface area contributed by atoms with E-state index in [1.807, 2.05) is 37.3 Å². The highest BCUT2D eigenvalue weighted by molar-refractivity contribution is 5.99. The Kier molecular flexibility index (Phi) is 4.04. The normalized spacial score (nSPS) is 33.6. The number of carbonyl (C=O) groups is 2. The molecule has 150 valence electrons. The number of hydrogen-bond acceptors (Lipinski definition) is 6. The third-order valence-corrected chi connectivity index (χ3v) is 6.75. The average molecular weight is 395 g/mol. The minimum absolute atomic E-state index is 0.120. The summed E-state index contributed by atoms with van der Waals surface area (Å²) < 4.78 is 5.46. The Bertz CT molecular complexity index is 1020. The van der Waals surface area contributed by atoms with Gasteiger partial charge in [-0.15, -0.1) is 0 Å². The Hall–Kier alpha value is -3.03. The van der Waals surface area contributed by atoms with Crippen LogP contribution in [-0.2, 0) is 9.53 Å². The highest BCUT2D eigenvalue weighted by Gasteiger charge is 2.55. The summed E-state index contributed by atoms with van der Waals surface area (Å²) in [5.74, 6) is -1.61. The molecule has 1 saturated carbocycles. The number of ketones is 1. The number of esters is 1. The van der Waals surface area contributed by atoms with Gasteiger partial charge in [-0.3, -0.25) is 19.7 Å². The van der Waals surface area contributed by atoms with E-state index in [-0.39, 0.29) is 46.9 Å². The Balaban J connectivity index is 1.56. The molecular weight excluding hydrogens is 374 g/mol. The van der Waals surface area contributed by atoms with Crippen LogP contribution in [0.5, 0.6) is 0 Å². The van der Waals surface area contributed by atoms with Gasteiger partial charge < -0.3 is 9.72 Å². The van der Waals surface area contributed by atoms with Crippen molar-refractivity contribution < 1.29 is 19.2 Å². The van der Waals surface area contributed by atoms with Gasteiger partial charge in [-0.2, -0.15) is 0 Å². The van der Waals surface area contributed by atoms with Crippen molar-refractivity contribution in [3.05, 3.63) is 51.9 Å². The van der Waals surface area contributed by atoms with Crippen LogP contribution in [0.1, 0.15) is 36.8 Å². The molecule has 0 unspecified atom stereocenters. The van der Waals surface area contributed by atoms with Crippen LogP contribution >= 0.6 is 0 Å². The van der Waals surface area contributed by atoms with E-state index in [1.54, 1.807) is 0 Å². The maximum Gasteiger partial charge on any atom is 0.313 e. The molecule has 0 bridgehead atoms. The van der Waals surface area contributed by atoms with Gasteiger partial charge in [-0.1, -0.05) is 23.8 Å². The molecule has 2 heterocycles. The third-order valence-electron chi connectivity index (χ3n) is 6.75. The second-order valence-electron chi connectivity index (χ2n) is 8.31. The number of cyclic esters (lactones) is 1. The number of hydrogen-bond donors (Lipinski definition) is 1. The molecule has 1 aromatic heterocycles. The summed E-state index contributed by atoms with van der Waals surface area (Å²) in [6.07, 6.45) is 2.74. The van der Waals surface area contributed by atoms with E-state index < -0.39 is 17.9 Å². The molecule has 0 radical (unpaired) electrons. The Morgan fingerprint density at radius 3 is 2.86 bits per heavy atom. The monoisotopic (exact) mass is 395 g/mol. The summed E-state index contributed by atoms with van der Waals surface area (Å²) in [5, 5.41) is 11.3. The Morgan fingerprint density at radius 2 is 2.10 bits per heavy atom. The van der Waals surface area contributed by atoms with Gasteiger partial charge in [-0.05, 0) is 31.4 Å². The number of para-hydroxylation sites is 2. The van der Waals surface area contributed by atoms with Crippen molar-refractivity contribution in [2.75, 3.05) is 0 Å². The maximum atomic E-state index is 13.6. The topological polar surface area (TPSA) is 115 Å². The number of carbonyl (C=O) groups excluding carboxylic acids is 2. The van der Waals surface area contributed by atoms with Crippen molar-refractivity contribution in [2.45, 2.75) is 38.3 Å². The van der Waals surface area contributed by atoms with Crippen LogP contribution in [0, 0.1) is 33.8 Å². The molecular formula is C21H21N3O5. The first-order chi connectivity index (χ1) is 13.9. The highest BCUT2D eigenvalue weighted by atomic mass is 16.6. The number of H-pyrrole nitrogens is 1. The summed E-state index contributed by atoms with van der Waals surface area (Å²) in [6.45, 7) is 1.82. The highest BCUT2D eigenvalue weighted by Crippen LogP contribution is 2.50. The van der Waals surface area contributed by atoms with Crippen molar-refractivity contribution in [1.29, 1.82) is 0 Å². The predicted molar refractivity (Wildman–Crippen MR) is 103 cm³/mol. The van der Waals surface area contributed by atoms with Crippen molar-refractivity contribution in [3.8, 4) is 0 Å². The lowest BCUT2D eigenvalue weighted by molar-refractivity contribution is -0.524. The van der Waals surface area contributed by atoms with Gasteiger partial charge >= 0.3 is 5.97 Å². The van der Waals surface area contributed by atoms with E-state index in [2.05, 4.69) is 9.97 Å². The lowest BCUT2D eigenvalue weighted by Crippen LogP contribution is -2.44. The number of aromatic amines is 1. The number of imidazole rings is 1. The van der Waals surface area contributed by atoms with Crippen LogP contribution < -0.4 is 0 Å². The molecule has 1 saturated heterocycles. The van der Waals surface area contributed by atoms with Gasteiger partial charge in [0.05, 0.1) is 17.0 Å². The van der Waals surface area contributed by atoms with Gasteiger partial charge in [0.2, 0.25) is 11.8 Å². The molecule has 3 aliphatic rings. The van der Waals surface area contributed by atoms with Crippen molar-refractivity contribution in [3.63, 3.8) is 0 Å². The number of aromatic nitrogens is 2. The van der Waals surface area contributed by atoms with Crippen LogP contribution in [0.4, 0.5) is 0 Å². The average Bonchev–Trinajstić information content (AvgIpc) is 3.26. The minimum atomic E-state index is -0.661. The smallest absolute Gasteiger partial charge is 0.313 e. The maximum absolute atomic E-state index is 13.6. The first kappa shape index (κ1) is 18.0. The number of nitrogens with zero attached hydrogens (tertiary/aromatic N) is 2. The molecule has 1 aromatic carbocycles. The van der Waals surface area contributed by atoms with Gasteiger partial charge in [0.15, 0.2) is 5.82 Å². The van der Waals surface area contributed by atoms with Crippen LogP contribution in [0.15, 0.2) is 35.9 Å². The molecule has 5 rings (SSSR count). The van der Waals surface area contributed by atoms with Gasteiger partial charge in [0.1, 0.15) is 6.10 Å². The zero-order chi connectivity index (χ0) is 20.3. The molecule has 6 atom stereocenters. The van der Waals surface area contributed by atoms with Crippen molar-refractivity contribution in [1.82, 2.24) is 9.97 Å². The zero-order valence-corrected chi connectivity index (χ0v) is 15.9. The predicted octanol–water partition coefficient (Wildman–Crippen LogP) is 2.92. The summed E-state index contributed by atoms with van der Waals surface area (Å²) in [7, 11) is 0. The van der Waals surface area contributed by atoms with Gasteiger partial charge in [0, 0.05) is 29.6 Å². The molecule has 1 aliphatic heterocycles. The summed E-state index contributed by atoms with van der Waals surface area (Å²) in [4.78, 5) is 44.7. The van der Waals surface area contributed by atoms with E-state index in [1.165, 1.54) is 0 Å². The van der Waals surface area contributed by atoms with Gasteiger partial charge in [0.25, 0.3) is 0 Å². The standard InChI is InChI=1S/C21H21N3O5/c1-10-17-14(21(26)29-10)9-11-8-12(24(27)28)6-7-13(11)18(17)19(25)20-22-15-4-2-3-5-16(15)23-20/h2-5,9-10,12-14,17-18H,6-8H2,1H3,(H,22,23)/t10-,12-,13-,14-,17-,18+/m1/s1. The minimum Gasteiger partial charge on any atom is -0.462 e. The molecule has 0 amide bonds. The van der Waals surface area contributed by atoms with Crippen LogP contribution in [0.3, 0.4) is 0 Å². The summed E-state index contributed by atoms with van der Waals surface area (Å²) in [5.41, 5.74) is 2.34.